The number of nitrogens with zero attached hydrogens (tertiary/aromatic N) is 1. The Labute approximate surface area is 152 Å². The molecular formula is C18H16N2O5S. The molecule has 0 fully saturated rings. The number of hydrogen-bond donors (Lipinski definition) is 1. The standard InChI is InChI=1S/C18H16N2O5S/c1-3-23-14(21)7-13-19-17(22)16-15(9(2)26-18(16)20-13)10-4-5-11-12(6-10)25-8-24-11/h4-6H,3,7-8H2,1-2H3,(H,19,20,22). The quantitative estimate of drug-likeness (QED) is 0.708. The number of hydrogen-bond acceptors (Lipinski definition) is 7. The Hall–Kier alpha value is -2.87. The molecule has 1 aliphatic rings. The molecule has 8 heteroatoms. The lowest BCUT2D eigenvalue weighted by molar-refractivity contribution is -0.142. The molecule has 0 aliphatic carbocycles. The number of nitrogens with one attached hydrogen (secondary N) is 1. The zero-order valence-corrected chi connectivity index (χ0v) is 15.1. The largest absolute Gasteiger partial charge is 0.466 e. The van der Waals surface area contributed by atoms with E-state index in [0.29, 0.717) is 27.5 Å². The summed E-state index contributed by atoms with van der Waals surface area (Å²) in [5.74, 6) is 1.23. The number of fused-ring (bicyclic) bond motifs is 2. The van der Waals surface area contributed by atoms with Crippen LogP contribution in [-0.2, 0) is 16.0 Å². The molecular weight excluding hydrogens is 356 g/mol. The Morgan fingerprint density at radius 3 is 2.96 bits per heavy atom. The molecule has 0 atom stereocenters. The number of rotatable bonds is 4. The molecule has 0 bridgehead atoms. The topological polar surface area (TPSA) is 90.5 Å². The summed E-state index contributed by atoms with van der Waals surface area (Å²) in [6, 6.07) is 5.59. The van der Waals surface area contributed by atoms with Crippen LogP contribution in [0.3, 0.4) is 0 Å². The molecule has 0 saturated carbocycles. The van der Waals surface area contributed by atoms with Gasteiger partial charge in [-0.1, -0.05) is 6.07 Å². The van der Waals surface area contributed by atoms with E-state index in [2.05, 4.69) is 9.97 Å². The van der Waals surface area contributed by atoms with Crippen molar-refractivity contribution in [2.24, 2.45) is 0 Å². The van der Waals surface area contributed by atoms with Crippen LogP contribution in [0.4, 0.5) is 0 Å². The summed E-state index contributed by atoms with van der Waals surface area (Å²) in [5.41, 5.74) is 1.41. The van der Waals surface area contributed by atoms with Gasteiger partial charge in [0.2, 0.25) is 6.79 Å². The molecule has 3 aromatic rings. The highest BCUT2D eigenvalue weighted by molar-refractivity contribution is 7.19. The second-order valence-corrected chi connectivity index (χ2v) is 6.98. The molecule has 1 N–H and O–H groups in total. The van der Waals surface area contributed by atoms with E-state index >= 15 is 0 Å². The summed E-state index contributed by atoms with van der Waals surface area (Å²) in [5, 5.41) is 0.513. The minimum atomic E-state index is -0.417. The first-order valence-corrected chi connectivity index (χ1v) is 8.96. The van der Waals surface area contributed by atoms with Crippen molar-refractivity contribution in [3.05, 3.63) is 39.3 Å². The molecule has 0 radical (unpaired) electrons. The third kappa shape index (κ3) is 2.82. The van der Waals surface area contributed by atoms with E-state index in [9.17, 15) is 9.59 Å². The van der Waals surface area contributed by atoms with Crippen LogP contribution >= 0.6 is 11.3 Å². The number of carbonyl (C=O) groups is 1. The second-order valence-electron chi connectivity index (χ2n) is 5.78. The predicted molar refractivity (Wildman–Crippen MR) is 96.9 cm³/mol. The van der Waals surface area contributed by atoms with Crippen molar-refractivity contribution in [3.8, 4) is 22.6 Å². The molecule has 0 unspecified atom stereocenters. The Morgan fingerprint density at radius 2 is 2.15 bits per heavy atom. The van der Waals surface area contributed by atoms with Gasteiger partial charge in [-0.05, 0) is 31.5 Å². The van der Waals surface area contributed by atoms with Crippen molar-refractivity contribution in [1.29, 1.82) is 0 Å². The summed E-state index contributed by atoms with van der Waals surface area (Å²) in [6.45, 7) is 4.16. The van der Waals surface area contributed by atoms with E-state index in [-0.39, 0.29) is 25.4 Å². The number of ether oxygens (including phenoxy) is 3. The van der Waals surface area contributed by atoms with Crippen molar-refractivity contribution < 1.29 is 19.0 Å². The molecule has 26 heavy (non-hydrogen) atoms. The van der Waals surface area contributed by atoms with Gasteiger partial charge in [0.05, 0.1) is 12.0 Å². The van der Waals surface area contributed by atoms with Crippen LogP contribution in [0, 0.1) is 6.92 Å². The minimum Gasteiger partial charge on any atom is -0.466 e. The number of carbonyl (C=O) groups excluding carboxylic acids is 1. The zero-order valence-electron chi connectivity index (χ0n) is 14.3. The fraction of sp³-hybridized carbons (Fsp3) is 0.278. The maximum absolute atomic E-state index is 12.7. The maximum Gasteiger partial charge on any atom is 0.313 e. The number of benzene rings is 1. The lowest BCUT2D eigenvalue weighted by Gasteiger charge is -2.04. The van der Waals surface area contributed by atoms with Gasteiger partial charge < -0.3 is 19.2 Å². The lowest BCUT2D eigenvalue weighted by Crippen LogP contribution is -2.16. The number of thiophene rings is 1. The first-order chi connectivity index (χ1) is 12.6. The van der Waals surface area contributed by atoms with Gasteiger partial charge in [0.1, 0.15) is 17.1 Å². The van der Waals surface area contributed by atoms with Gasteiger partial charge >= 0.3 is 5.97 Å². The number of H-pyrrole nitrogens is 1. The first kappa shape index (κ1) is 16.6. The highest BCUT2D eigenvalue weighted by Crippen LogP contribution is 2.40. The Bertz CT molecular complexity index is 1070. The van der Waals surface area contributed by atoms with Crippen LogP contribution < -0.4 is 15.0 Å². The fourth-order valence-electron chi connectivity index (χ4n) is 3.00. The molecule has 1 aliphatic heterocycles. The third-order valence-corrected chi connectivity index (χ3v) is 5.06. The summed E-state index contributed by atoms with van der Waals surface area (Å²) >= 11 is 1.42. The van der Waals surface area contributed by atoms with Crippen molar-refractivity contribution in [1.82, 2.24) is 9.97 Å². The molecule has 0 saturated heterocycles. The van der Waals surface area contributed by atoms with Gasteiger partial charge in [-0.2, -0.15) is 0 Å². The average molecular weight is 372 g/mol. The molecule has 4 rings (SSSR count). The van der Waals surface area contributed by atoms with Crippen molar-refractivity contribution in [3.63, 3.8) is 0 Å². The van der Waals surface area contributed by atoms with Crippen molar-refractivity contribution >= 4 is 27.5 Å². The zero-order chi connectivity index (χ0) is 18.3. The average Bonchev–Trinajstić information content (AvgIpc) is 3.17. The Kier molecular flexibility index (Phi) is 4.12. The van der Waals surface area contributed by atoms with Gasteiger partial charge in [0, 0.05) is 10.4 Å². The predicted octanol–water partition coefficient (Wildman–Crippen LogP) is 2.79. The summed E-state index contributed by atoms with van der Waals surface area (Å²) < 4.78 is 15.7. The van der Waals surface area contributed by atoms with Crippen LogP contribution in [0.2, 0.25) is 0 Å². The molecule has 3 heterocycles. The van der Waals surface area contributed by atoms with Crippen LogP contribution in [0.1, 0.15) is 17.6 Å². The number of aryl methyl sites for hydroxylation is 1. The smallest absolute Gasteiger partial charge is 0.313 e. The van der Waals surface area contributed by atoms with E-state index in [1.165, 1.54) is 11.3 Å². The monoisotopic (exact) mass is 372 g/mol. The van der Waals surface area contributed by atoms with Crippen molar-refractivity contribution in [2.45, 2.75) is 20.3 Å². The van der Waals surface area contributed by atoms with Gasteiger partial charge in [0.15, 0.2) is 11.5 Å². The second kappa shape index (κ2) is 6.45. The molecule has 1 aromatic carbocycles. The summed E-state index contributed by atoms with van der Waals surface area (Å²) in [6.07, 6.45) is -0.0602. The number of esters is 1. The normalized spacial score (nSPS) is 12.5. The first-order valence-electron chi connectivity index (χ1n) is 8.14. The van der Waals surface area contributed by atoms with E-state index in [0.717, 1.165) is 16.0 Å². The maximum atomic E-state index is 12.7. The summed E-state index contributed by atoms with van der Waals surface area (Å²) in [4.78, 5) is 33.0. The molecule has 2 aromatic heterocycles. The van der Waals surface area contributed by atoms with Crippen LogP contribution in [0.5, 0.6) is 11.5 Å². The van der Waals surface area contributed by atoms with E-state index < -0.39 is 5.97 Å². The molecule has 134 valence electrons. The van der Waals surface area contributed by atoms with Gasteiger partial charge in [-0.25, -0.2) is 4.98 Å². The van der Waals surface area contributed by atoms with E-state index in [1.54, 1.807) is 6.92 Å². The van der Waals surface area contributed by atoms with Gasteiger partial charge in [-0.3, -0.25) is 9.59 Å². The molecule has 0 spiro atoms. The van der Waals surface area contributed by atoms with Gasteiger partial charge in [-0.15, -0.1) is 11.3 Å². The van der Waals surface area contributed by atoms with Crippen LogP contribution in [0.25, 0.3) is 21.3 Å². The van der Waals surface area contributed by atoms with Crippen molar-refractivity contribution in [2.75, 3.05) is 13.4 Å². The highest BCUT2D eigenvalue weighted by atomic mass is 32.1. The summed E-state index contributed by atoms with van der Waals surface area (Å²) in [7, 11) is 0. The van der Waals surface area contributed by atoms with E-state index in [4.69, 9.17) is 14.2 Å². The highest BCUT2D eigenvalue weighted by Gasteiger charge is 2.20. The molecule has 7 nitrogen and oxygen atoms in total. The van der Waals surface area contributed by atoms with E-state index in [1.807, 2.05) is 25.1 Å². The number of aromatic amines is 1. The SMILES string of the molecule is CCOC(=O)Cc1nc2sc(C)c(-c3ccc4c(c3)OCO4)c2c(=O)[nH]1. The number of aromatic nitrogens is 2. The third-order valence-electron chi connectivity index (χ3n) is 4.07. The lowest BCUT2D eigenvalue weighted by atomic mass is 10.0. The molecule has 0 amide bonds. The van der Waals surface area contributed by atoms with Crippen LogP contribution in [0.15, 0.2) is 23.0 Å². The van der Waals surface area contributed by atoms with Gasteiger partial charge in [0.25, 0.3) is 5.56 Å². The fourth-order valence-corrected chi connectivity index (χ4v) is 4.06. The minimum absolute atomic E-state index is 0.0602. The Balaban J connectivity index is 1.80. The van der Waals surface area contributed by atoms with Crippen LogP contribution in [-0.4, -0.2) is 29.3 Å². The Morgan fingerprint density at radius 1 is 1.35 bits per heavy atom.